The maximum atomic E-state index is 6.11. The van der Waals surface area contributed by atoms with Crippen LogP contribution in [0, 0.1) is 5.92 Å². The Balaban J connectivity index is 1.68. The lowest BCUT2D eigenvalue weighted by molar-refractivity contribution is 0.0925. The molecule has 2 aromatic rings. The van der Waals surface area contributed by atoms with Crippen molar-refractivity contribution < 1.29 is 4.74 Å². The van der Waals surface area contributed by atoms with Crippen LogP contribution in [0.2, 0.25) is 5.02 Å². The van der Waals surface area contributed by atoms with Gasteiger partial charge in [0.1, 0.15) is 0 Å². The number of halogens is 1. The Labute approximate surface area is 167 Å². The third kappa shape index (κ3) is 5.05. The van der Waals surface area contributed by atoms with E-state index in [0.29, 0.717) is 5.92 Å². The van der Waals surface area contributed by atoms with Crippen LogP contribution in [0.3, 0.4) is 0 Å². The van der Waals surface area contributed by atoms with Crippen LogP contribution in [-0.2, 0) is 18.3 Å². The summed E-state index contributed by atoms with van der Waals surface area (Å²) in [5.74, 6) is 1.31. The van der Waals surface area contributed by atoms with Gasteiger partial charge in [0, 0.05) is 51.6 Å². The molecule has 3 rings (SSSR count). The highest BCUT2D eigenvalue weighted by atomic mass is 35.5. The Bertz CT molecular complexity index is 759. The summed E-state index contributed by atoms with van der Waals surface area (Å²) in [6.45, 7) is 5.22. The molecule has 0 aliphatic carbocycles. The lowest BCUT2D eigenvalue weighted by Crippen LogP contribution is -2.39. The monoisotopic (exact) mass is 388 g/mol. The number of nitrogens with one attached hydrogen (secondary N) is 1. The number of benzene rings is 1. The van der Waals surface area contributed by atoms with Crippen LogP contribution in [0.25, 0.3) is 0 Å². The zero-order valence-corrected chi connectivity index (χ0v) is 17.1. The SMILES string of the molecule is CCNC(=NCC1CCOC1c1ccccc1)N(C)Cc1cc(Cl)cn1C. The van der Waals surface area contributed by atoms with Gasteiger partial charge in [-0.1, -0.05) is 41.9 Å². The van der Waals surface area contributed by atoms with Gasteiger partial charge in [-0.15, -0.1) is 0 Å². The van der Waals surface area contributed by atoms with Crippen LogP contribution in [0.4, 0.5) is 0 Å². The summed E-state index contributed by atoms with van der Waals surface area (Å²) in [6.07, 6.45) is 3.10. The molecule has 2 heterocycles. The summed E-state index contributed by atoms with van der Waals surface area (Å²) < 4.78 is 8.05. The lowest BCUT2D eigenvalue weighted by Gasteiger charge is -2.23. The minimum atomic E-state index is 0.134. The first-order valence-electron chi connectivity index (χ1n) is 9.55. The van der Waals surface area contributed by atoms with E-state index in [1.165, 1.54) is 5.56 Å². The molecule has 2 unspecified atom stereocenters. The van der Waals surface area contributed by atoms with Crippen molar-refractivity contribution >= 4 is 17.6 Å². The fourth-order valence-corrected chi connectivity index (χ4v) is 3.82. The standard InChI is InChI=1S/C21H29ClN4O/c1-4-23-21(26(3)15-19-12-18(22)14-25(19)2)24-13-17-10-11-27-20(17)16-8-6-5-7-9-16/h5-9,12,14,17,20H,4,10-11,13,15H2,1-3H3,(H,23,24). The molecule has 0 bridgehead atoms. The van der Waals surface area contributed by atoms with Gasteiger partial charge in [-0.2, -0.15) is 0 Å². The van der Waals surface area contributed by atoms with Crippen LogP contribution in [0.15, 0.2) is 47.6 Å². The first kappa shape index (κ1) is 19.8. The first-order chi connectivity index (χ1) is 13.1. The van der Waals surface area contributed by atoms with Gasteiger partial charge in [-0.25, -0.2) is 0 Å². The Morgan fingerprint density at radius 1 is 1.37 bits per heavy atom. The predicted octanol–water partition coefficient (Wildman–Crippen LogP) is 3.85. The summed E-state index contributed by atoms with van der Waals surface area (Å²) in [7, 11) is 4.07. The fourth-order valence-electron chi connectivity index (χ4n) is 3.55. The molecule has 1 aliphatic heterocycles. The summed E-state index contributed by atoms with van der Waals surface area (Å²) >= 11 is 6.11. The van der Waals surface area contributed by atoms with E-state index < -0.39 is 0 Å². The average Bonchev–Trinajstić information content (AvgIpc) is 3.25. The minimum absolute atomic E-state index is 0.134. The van der Waals surface area contributed by atoms with Crippen molar-refractivity contribution in [2.24, 2.45) is 18.0 Å². The molecule has 1 aliphatic rings. The molecule has 1 aromatic heterocycles. The van der Waals surface area contributed by atoms with Crippen LogP contribution in [0.1, 0.15) is 30.7 Å². The number of hydrogen-bond acceptors (Lipinski definition) is 2. The number of hydrogen-bond donors (Lipinski definition) is 1. The number of ether oxygens (including phenoxy) is 1. The second kappa shape index (κ2) is 9.29. The topological polar surface area (TPSA) is 41.8 Å². The highest BCUT2D eigenvalue weighted by molar-refractivity contribution is 6.30. The molecule has 1 aromatic carbocycles. The number of rotatable bonds is 6. The van der Waals surface area contributed by atoms with Crippen molar-refractivity contribution in [1.29, 1.82) is 0 Å². The maximum absolute atomic E-state index is 6.11. The number of aromatic nitrogens is 1. The third-order valence-electron chi connectivity index (χ3n) is 4.99. The molecule has 5 nitrogen and oxygen atoms in total. The molecule has 0 amide bonds. The van der Waals surface area contributed by atoms with Crippen molar-refractivity contribution in [1.82, 2.24) is 14.8 Å². The van der Waals surface area contributed by atoms with E-state index in [1.807, 2.05) is 25.4 Å². The zero-order chi connectivity index (χ0) is 19.2. The van der Waals surface area contributed by atoms with Gasteiger partial charge < -0.3 is 19.5 Å². The molecule has 2 atom stereocenters. The molecule has 0 spiro atoms. The minimum Gasteiger partial charge on any atom is -0.373 e. The van der Waals surface area contributed by atoms with Gasteiger partial charge in [0.25, 0.3) is 0 Å². The van der Waals surface area contributed by atoms with E-state index in [1.54, 1.807) is 0 Å². The zero-order valence-electron chi connectivity index (χ0n) is 16.4. The van der Waals surface area contributed by atoms with Crippen molar-refractivity contribution in [2.45, 2.75) is 26.0 Å². The van der Waals surface area contributed by atoms with E-state index in [4.69, 9.17) is 21.3 Å². The number of aryl methyl sites for hydroxylation is 1. The van der Waals surface area contributed by atoms with Crippen molar-refractivity contribution in [3.8, 4) is 0 Å². The molecule has 1 fully saturated rings. The van der Waals surface area contributed by atoms with Gasteiger partial charge in [0.2, 0.25) is 0 Å². The highest BCUT2D eigenvalue weighted by Crippen LogP contribution is 2.34. The van der Waals surface area contributed by atoms with Gasteiger partial charge in [0.15, 0.2) is 5.96 Å². The molecule has 0 radical (unpaired) electrons. The Morgan fingerprint density at radius 3 is 2.81 bits per heavy atom. The van der Waals surface area contributed by atoms with Gasteiger partial charge in [0.05, 0.1) is 17.7 Å². The molecular weight excluding hydrogens is 360 g/mol. The van der Waals surface area contributed by atoms with E-state index in [9.17, 15) is 0 Å². The van der Waals surface area contributed by atoms with Gasteiger partial charge in [-0.05, 0) is 25.0 Å². The van der Waals surface area contributed by atoms with Crippen molar-refractivity contribution in [3.63, 3.8) is 0 Å². The van der Waals surface area contributed by atoms with Crippen molar-refractivity contribution in [2.75, 3.05) is 26.7 Å². The van der Waals surface area contributed by atoms with E-state index in [0.717, 1.165) is 49.3 Å². The summed E-state index contributed by atoms with van der Waals surface area (Å²) in [6, 6.07) is 12.5. The first-order valence-corrected chi connectivity index (χ1v) is 9.93. The molecule has 27 heavy (non-hydrogen) atoms. The van der Waals surface area contributed by atoms with Gasteiger partial charge >= 0.3 is 0 Å². The molecule has 1 saturated heterocycles. The Morgan fingerprint density at radius 2 is 2.15 bits per heavy atom. The van der Waals surface area contributed by atoms with Gasteiger partial charge in [-0.3, -0.25) is 4.99 Å². The average molecular weight is 389 g/mol. The third-order valence-corrected chi connectivity index (χ3v) is 5.19. The Kier molecular flexibility index (Phi) is 6.80. The number of nitrogens with zero attached hydrogens (tertiary/aromatic N) is 3. The summed E-state index contributed by atoms with van der Waals surface area (Å²) in [5, 5.41) is 4.16. The van der Waals surface area contributed by atoms with Crippen molar-refractivity contribution in [3.05, 3.63) is 58.9 Å². The molecule has 1 N–H and O–H groups in total. The molecular formula is C21H29ClN4O. The fraction of sp³-hybridized carbons (Fsp3) is 0.476. The van der Waals surface area contributed by atoms with Crippen LogP contribution >= 0.6 is 11.6 Å². The van der Waals surface area contributed by atoms with Crippen LogP contribution in [-0.4, -0.2) is 42.2 Å². The normalized spacial score (nSPS) is 20.1. The second-order valence-corrected chi connectivity index (χ2v) is 7.50. The molecule has 0 saturated carbocycles. The summed E-state index contributed by atoms with van der Waals surface area (Å²) in [5.41, 5.74) is 2.39. The van der Waals surface area contributed by atoms with Crippen LogP contribution in [0.5, 0.6) is 0 Å². The smallest absolute Gasteiger partial charge is 0.194 e. The largest absolute Gasteiger partial charge is 0.373 e. The molecule has 6 heteroatoms. The van der Waals surface area contributed by atoms with E-state index >= 15 is 0 Å². The predicted molar refractivity (Wildman–Crippen MR) is 111 cm³/mol. The van der Waals surface area contributed by atoms with Crippen LogP contribution < -0.4 is 5.32 Å². The number of aliphatic imine (C=N–C) groups is 1. The highest BCUT2D eigenvalue weighted by Gasteiger charge is 2.29. The maximum Gasteiger partial charge on any atom is 0.194 e. The second-order valence-electron chi connectivity index (χ2n) is 7.06. The molecule has 146 valence electrons. The number of guanidine groups is 1. The van der Waals surface area contributed by atoms with E-state index in [2.05, 4.69) is 53.0 Å². The summed E-state index contributed by atoms with van der Waals surface area (Å²) in [4.78, 5) is 7.05. The van der Waals surface area contributed by atoms with E-state index in [-0.39, 0.29) is 6.10 Å². The lowest BCUT2D eigenvalue weighted by atomic mass is 9.95. The Hall–Kier alpha value is -1.98. The quantitative estimate of drug-likeness (QED) is 0.603.